The van der Waals surface area contributed by atoms with E-state index in [0.717, 1.165) is 102 Å². The van der Waals surface area contributed by atoms with Crippen molar-refractivity contribution in [3.63, 3.8) is 0 Å². The van der Waals surface area contributed by atoms with Gasteiger partial charge in [0.2, 0.25) is 0 Å². The molecule has 0 bridgehead atoms. The minimum atomic E-state index is -4.96. The molecular weight excluding hydrogens is 1320 g/mol. The number of carbonyl (C=O) groups is 4. The van der Waals surface area contributed by atoms with Gasteiger partial charge in [0.1, 0.15) is 19.3 Å². The Morgan fingerprint density at radius 1 is 0.267 bits per heavy atom. The number of phosphoric acid groups is 2. The normalized spacial score (nSPS) is 13.9. The zero-order valence-corrected chi connectivity index (χ0v) is 68.0. The highest BCUT2D eigenvalue weighted by Gasteiger charge is 2.30. The summed E-state index contributed by atoms with van der Waals surface area (Å²) in [6.45, 7) is 9.68. The average Bonchev–Trinajstić information content (AvgIpc) is 1.40. The van der Waals surface area contributed by atoms with Gasteiger partial charge in [-0.3, -0.25) is 37.3 Å². The molecule has 0 aromatic heterocycles. The Morgan fingerprint density at radius 2 is 0.455 bits per heavy atom. The zero-order chi connectivity index (χ0) is 74.2. The van der Waals surface area contributed by atoms with Gasteiger partial charge >= 0.3 is 39.5 Å². The van der Waals surface area contributed by atoms with Crippen molar-refractivity contribution in [2.45, 2.75) is 452 Å². The van der Waals surface area contributed by atoms with Crippen LogP contribution in [-0.4, -0.2) is 96.7 Å². The summed E-state index contributed by atoms with van der Waals surface area (Å²) in [4.78, 5) is 73.1. The molecule has 0 aromatic rings. The summed E-state index contributed by atoms with van der Waals surface area (Å²) in [5.41, 5.74) is 0. The van der Waals surface area contributed by atoms with E-state index in [4.69, 9.17) is 37.0 Å². The maximum atomic E-state index is 13.1. The molecule has 0 amide bonds. The molecule has 2 unspecified atom stereocenters. The Balaban J connectivity index is 5.24. The molecule has 0 radical (unpaired) electrons. The van der Waals surface area contributed by atoms with E-state index in [9.17, 15) is 43.2 Å². The Kier molecular flexibility index (Phi) is 72.2. The van der Waals surface area contributed by atoms with Crippen molar-refractivity contribution in [2.24, 2.45) is 11.8 Å². The molecule has 0 aliphatic rings. The fourth-order valence-corrected chi connectivity index (χ4v) is 14.3. The molecule has 3 N–H and O–H groups in total. The van der Waals surface area contributed by atoms with Crippen LogP contribution in [0.1, 0.15) is 433 Å². The Labute approximate surface area is 619 Å². The van der Waals surface area contributed by atoms with Gasteiger partial charge in [0.05, 0.1) is 26.4 Å². The third kappa shape index (κ3) is 76.1. The van der Waals surface area contributed by atoms with Crippen LogP contribution in [0.2, 0.25) is 0 Å². The van der Waals surface area contributed by atoms with Crippen LogP contribution in [0, 0.1) is 11.8 Å². The number of hydrogen-bond donors (Lipinski definition) is 3. The molecule has 0 aliphatic carbocycles. The second-order valence-electron chi connectivity index (χ2n) is 30.5. The summed E-state index contributed by atoms with van der Waals surface area (Å²) in [6, 6.07) is 0. The second kappa shape index (κ2) is 73.6. The number of rotatable bonds is 81. The standard InChI is InChI=1S/C82H160O17P2/c1-7-9-11-13-15-17-19-20-21-22-26-29-35-41-47-53-59-65-80(85)93-71-78(99-81(86)66-60-54-48-42-36-30-27-24-23-25-28-33-38-44-50-56-62-74(3)4)73-97-101(90,91)95-69-76(83)68-94-100(88,89)96-72-77(70-92-79(84)64-58-52-46-40-18-16-14-12-10-8-2)98-82(87)67-61-55-49-43-37-32-31-34-39-45-51-57-63-75(5)6/h74-78,83H,7-73H2,1-6H3,(H,88,89)(H,90,91)/t76-,77+,78+/m0/s1. The van der Waals surface area contributed by atoms with Crippen LogP contribution >= 0.6 is 15.6 Å². The first-order valence-electron chi connectivity index (χ1n) is 42.5. The fourth-order valence-electron chi connectivity index (χ4n) is 12.7. The highest BCUT2D eigenvalue weighted by Crippen LogP contribution is 2.45. The minimum Gasteiger partial charge on any atom is -0.462 e. The first kappa shape index (κ1) is 99.1. The monoisotopic (exact) mass is 1480 g/mol. The Bertz CT molecular complexity index is 1940. The number of ether oxygens (including phenoxy) is 4. The number of phosphoric ester groups is 2. The van der Waals surface area contributed by atoms with E-state index in [1.807, 2.05) is 0 Å². The molecule has 0 saturated heterocycles. The van der Waals surface area contributed by atoms with Crippen molar-refractivity contribution < 1.29 is 80.2 Å². The van der Waals surface area contributed by atoms with Crippen LogP contribution in [0.5, 0.6) is 0 Å². The number of hydrogen-bond acceptors (Lipinski definition) is 15. The second-order valence-corrected chi connectivity index (χ2v) is 33.4. The largest absolute Gasteiger partial charge is 0.472 e. The van der Waals surface area contributed by atoms with Crippen LogP contribution in [0.15, 0.2) is 0 Å². The summed E-state index contributed by atoms with van der Waals surface area (Å²) in [5, 5.41) is 10.6. The molecule has 5 atom stereocenters. The summed E-state index contributed by atoms with van der Waals surface area (Å²) >= 11 is 0. The van der Waals surface area contributed by atoms with Crippen LogP contribution in [0.25, 0.3) is 0 Å². The smallest absolute Gasteiger partial charge is 0.462 e. The van der Waals surface area contributed by atoms with Gasteiger partial charge in [0.15, 0.2) is 12.2 Å². The molecule has 0 heterocycles. The lowest BCUT2D eigenvalue weighted by Crippen LogP contribution is -2.30. The molecular formula is C82H160O17P2. The lowest BCUT2D eigenvalue weighted by molar-refractivity contribution is -0.161. The molecule has 0 saturated carbocycles. The van der Waals surface area contributed by atoms with Crippen molar-refractivity contribution in [3.05, 3.63) is 0 Å². The van der Waals surface area contributed by atoms with Gasteiger partial charge in [-0.15, -0.1) is 0 Å². The summed E-state index contributed by atoms with van der Waals surface area (Å²) in [6.07, 6.45) is 63.7. The van der Waals surface area contributed by atoms with Crippen LogP contribution < -0.4 is 0 Å². The van der Waals surface area contributed by atoms with Crippen molar-refractivity contribution in [1.29, 1.82) is 0 Å². The van der Waals surface area contributed by atoms with Crippen molar-refractivity contribution in [2.75, 3.05) is 39.6 Å². The van der Waals surface area contributed by atoms with Gasteiger partial charge in [-0.2, -0.15) is 0 Å². The van der Waals surface area contributed by atoms with Gasteiger partial charge < -0.3 is 33.8 Å². The van der Waals surface area contributed by atoms with Crippen molar-refractivity contribution in [3.8, 4) is 0 Å². The number of aliphatic hydroxyl groups excluding tert-OH is 1. The van der Waals surface area contributed by atoms with Gasteiger partial charge in [-0.25, -0.2) is 9.13 Å². The van der Waals surface area contributed by atoms with Crippen molar-refractivity contribution in [1.82, 2.24) is 0 Å². The number of esters is 4. The Hall–Kier alpha value is -1.94. The van der Waals surface area contributed by atoms with Crippen LogP contribution in [0.3, 0.4) is 0 Å². The Morgan fingerprint density at radius 3 is 0.673 bits per heavy atom. The third-order valence-corrected chi connectivity index (χ3v) is 21.1. The van der Waals surface area contributed by atoms with E-state index in [2.05, 4.69) is 41.5 Å². The molecule has 0 rings (SSSR count). The molecule has 0 aromatic carbocycles. The molecule has 0 spiro atoms. The molecule has 19 heteroatoms. The highest BCUT2D eigenvalue weighted by atomic mass is 31.2. The van der Waals surface area contributed by atoms with Crippen LogP contribution in [-0.2, 0) is 65.4 Å². The minimum absolute atomic E-state index is 0.107. The molecule has 0 fully saturated rings. The van der Waals surface area contributed by atoms with Crippen LogP contribution in [0.4, 0.5) is 0 Å². The number of carbonyl (C=O) groups excluding carboxylic acids is 4. The van der Waals surface area contributed by atoms with Crippen molar-refractivity contribution >= 4 is 39.5 Å². The number of unbranched alkanes of at least 4 members (excludes halogenated alkanes) is 51. The fraction of sp³-hybridized carbons (Fsp3) is 0.951. The number of aliphatic hydroxyl groups is 1. The lowest BCUT2D eigenvalue weighted by atomic mass is 10.0. The topological polar surface area (TPSA) is 237 Å². The van der Waals surface area contributed by atoms with E-state index < -0.39 is 97.5 Å². The van der Waals surface area contributed by atoms with E-state index in [1.165, 1.54) is 250 Å². The van der Waals surface area contributed by atoms with Gasteiger partial charge in [0.25, 0.3) is 0 Å². The lowest BCUT2D eigenvalue weighted by Gasteiger charge is -2.21. The first-order valence-corrected chi connectivity index (χ1v) is 45.5. The van der Waals surface area contributed by atoms with Gasteiger partial charge in [-0.1, -0.05) is 382 Å². The predicted molar refractivity (Wildman–Crippen MR) is 414 cm³/mol. The summed E-state index contributed by atoms with van der Waals surface area (Å²) in [7, 11) is -9.92. The summed E-state index contributed by atoms with van der Waals surface area (Å²) < 4.78 is 68.8. The van der Waals surface area contributed by atoms with E-state index in [1.54, 1.807) is 0 Å². The molecule has 600 valence electrons. The van der Waals surface area contributed by atoms with Gasteiger partial charge in [0, 0.05) is 25.7 Å². The zero-order valence-electron chi connectivity index (χ0n) is 66.2. The maximum absolute atomic E-state index is 13.1. The van der Waals surface area contributed by atoms with E-state index in [0.29, 0.717) is 25.7 Å². The maximum Gasteiger partial charge on any atom is 0.472 e. The molecule has 17 nitrogen and oxygen atoms in total. The SMILES string of the molecule is CCCCCCCCCCCCCCCCCCCC(=O)OC[C@H](COP(=O)(O)OC[C@@H](O)COP(=O)(O)OC[C@@H](COC(=O)CCCCCCCCCCCC)OC(=O)CCCCCCCCCCCCCCC(C)C)OC(=O)CCCCCCCCCCCCCCCCCCC(C)C. The third-order valence-electron chi connectivity index (χ3n) is 19.2. The van der Waals surface area contributed by atoms with E-state index in [-0.39, 0.29) is 25.7 Å². The van der Waals surface area contributed by atoms with E-state index >= 15 is 0 Å². The van der Waals surface area contributed by atoms with Gasteiger partial charge in [-0.05, 0) is 37.5 Å². The first-order chi connectivity index (χ1) is 48.9. The summed E-state index contributed by atoms with van der Waals surface area (Å²) in [5.74, 6) is -0.520. The molecule has 101 heavy (non-hydrogen) atoms. The quantitative estimate of drug-likeness (QED) is 0.0222. The average molecular weight is 1480 g/mol. The predicted octanol–water partition coefficient (Wildman–Crippen LogP) is 24.7. The molecule has 0 aliphatic heterocycles. The highest BCUT2D eigenvalue weighted by molar-refractivity contribution is 7.47.